The van der Waals surface area contributed by atoms with Crippen LogP contribution in [0.1, 0.15) is 20.3 Å². The number of aliphatic hydroxyl groups is 1. The molecular formula is C11H25N3O3S. The topological polar surface area (TPSA) is 72.9 Å². The summed E-state index contributed by atoms with van der Waals surface area (Å²) in [5.41, 5.74) is 0. The van der Waals surface area contributed by atoms with Crippen molar-refractivity contribution in [3.63, 3.8) is 0 Å². The van der Waals surface area contributed by atoms with Gasteiger partial charge in [0.15, 0.2) is 0 Å². The first-order chi connectivity index (χ1) is 8.22. The fourth-order valence-electron chi connectivity index (χ4n) is 2.10. The van der Waals surface area contributed by atoms with E-state index in [1.165, 1.54) is 4.31 Å². The van der Waals surface area contributed by atoms with Crippen LogP contribution in [0.4, 0.5) is 0 Å². The lowest BCUT2D eigenvalue weighted by molar-refractivity contribution is 0.188. The standard InChI is InChI=1S/C11H25N3O3S/c1-9(2)6-12-18(16,17)14-8-11(15)5-10(14)7-13(3)4/h9-12,15H,5-8H2,1-4H3. The van der Waals surface area contributed by atoms with Gasteiger partial charge in [0.2, 0.25) is 0 Å². The smallest absolute Gasteiger partial charge is 0.279 e. The third-order valence-electron chi connectivity index (χ3n) is 2.90. The van der Waals surface area contributed by atoms with Crippen molar-refractivity contribution in [1.29, 1.82) is 0 Å². The maximum Gasteiger partial charge on any atom is 0.279 e. The summed E-state index contributed by atoms with van der Waals surface area (Å²) in [6.45, 7) is 5.15. The van der Waals surface area contributed by atoms with Crippen LogP contribution < -0.4 is 4.72 Å². The summed E-state index contributed by atoms with van der Waals surface area (Å²) in [5.74, 6) is 0.264. The molecule has 108 valence electrons. The van der Waals surface area contributed by atoms with Gasteiger partial charge in [-0.15, -0.1) is 0 Å². The molecule has 0 radical (unpaired) electrons. The van der Waals surface area contributed by atoms with E-state index in [0.717, 1.165) is 0 Å². The van der Waals surface area contributed by atoms with Crippen LogP contribution in [0.2, 0.25) is 0 Å². The van der Waals surface area contributed by atoms with Crippen molar-refractivity contribution in [3.05, 3.63) is 0 Å². The number of hydrogen-bond acceptors (Lipinski definition) is 4. The Bertz CT molecular complexity index is 357. The molecule has 0 spiro atoms. The molecule has 1 aliphatic heterocycles. The van der Waals surface area contributed by atoms with E-state index in [-0.39, 0.29) is 18.5 Å². The second-order valence-corrected chi connectivity index (χ2v) is 7.33. The number of nitrogens with one attached hydrogen (secondary N) is 1. The summed E-state index contributed by atoms with van der Waals surface area (Å²) in [7, 11) is 0.314. The number of β-amino-alcohol motifs (C(OH)–C–C–N with tert-alkyl or cyclic N) is 1. The third-order valence-corrected chi connectivity index (χ3v) is 4.50. The first kappa shape index (κ1) is 15.8. The van der Waals surface area contributed by atoms with Crippen molar-refractivity contribution in [2.45, 2.75) is 32.4 Å². The molecular weight excluding hydrogens is 254 g/mol. The van der Waals surface area contributed by atoms with E-state index >= 15 is 0 Å². The minimum Gasteiger partial charge on any atom is -0.392 e. The first-order valence-electron chi connectivity index (χ1n) is 6.31. The Balaban J connectivity index is 2.72. The molecule has 0 bridgehead atoms. The molecule has 7 heteroatoms. The normalized spacial score (nSPS) is 26.4. The highest BCUT2D eigenvalue weighted by Gasteiger charge is 2.38. The van der Waals surface area contributed by atoms with Crippen LogP contribution in [0.25, 0.3) is 0 Å². The van der Waals surface area contributed by atoms with E-state index in [1.807, 2.05) is 32.8 Å². The molecule has 0 aromatic carbocycles. The lowest BCUT2D eigenvalue weighted by Gasteiger charge is -2.26. The number of aliphatic hydroxyl groups excluding tert-OH is 1. The van der Waals surface area contributed by atoms with Crippen molar-refractivity contribution < 1.29 is 13.5 Å². The van der Waals surface area contributed by atoms with Gasteiger partial charge in [0, 0.05) is 25.7 Å². The van der Waals surface area contributed by atoms with Gasteiger partial charge in [-0.25, -0.2) is 4.72 Å². The molecule has 1 heterocycles. The Morgan fingerprint density at radius 2 is 2.06 bits per heavy atom. The fraction of sp³-hybridized carbons (Fsp3) is 1.00. The molecule has 2 N–H and O–H groups in total. The Kier molecular flexibility index (Phi) is 5.54. The fourth-order valence-corrected chi connectivity index (χ4v) is 3.72. The SMILES string of the molecule is CC(C)CNS(=O)(=O)N1CC(O)CC1CN(C)C. The van der Waals surface area contributed by atoms with Crippen molar-refractivity contribution in [2.24, 2.45) is 5.92 Å². The monoisotopic (exact) mass is 279 g/mol. The average molecular weight is 279 g/mol. The van der Waals surface area contributed by atoms with E-state index in [4.69, 9.17) is 0 Å². The van der Waals surface area contributed by atoms with E-state index in [1.54, 1.807) is 0 Å². The van der Waals surface area contributed by atoms with E-state index < -0.39 is 16.3 Å². The summed E-state index contributed by atoms with van der Waals surface area (Å²) in [4.78, 5) is 1.94. The quantitative estimate of drug-likeness (QED) is 0.686. The van der Waals surface area contributed by atoms with Gasteiger partial charge in [-0.1, -0.05) is 13.8 Å². The number of rotatable bonds is 6. The van der Waals surface area contributed by atoms with E-state index in [0.29, 0.717) is 19.5 Å². The molecule has 2 atom stereocenters. The van der Waals surface area contributed by atoms with Crippen molar-refractivity contribution in [1.82, 2.24) is 13.9 Å². The predicted octanol–water partition coefficient (Wildman–Crippen LogP) is -0.526. The van der Waals surface area contributed by atoms with Crippen LogP contribution in [-0.2, 0) is 10.2 Å². The van der Waals surface area contributed by atoms with Crippen molar-refractivity contribution in [3.8, 4) is 0 Å². The zero-order chi connectivity index (χ0) is 13.9. The average Bonchev–Trinajstić information content (AvgIpc) is 2.56. The third kappa shape index (κ3) is 4.47. The highest BCUT2D eigenvalue weighted by molar-refractivity contribution is 7.87. The Morgan fingerprint density at radius 1 is 1.44 bits per heavy atom. The maximum atomic E-state index is 12.2. The van der Waals surface area contributed by atoms with Gasteiger partial charge >= 0.3 is 0 Å². The molecule has 0 aromatic heterocycles. The second kappa shape index (κ2) is 6.29. The summed E-state index contributed by atoms with van der Waals surface area (Å²) < 4.78 is 28.3. The maximum absolute atomic E-state index is 12.2. The van der Waals surface area contributed by atoms with Crippen LogP contribution in [0.5, 0.6) is 0 Å². The van der Waals surface area contributed by atoms with Gasteiger partial charge in [0.1, 0.15) is 0 Å². The first-order valence-corrected chi connectivity index (χ1v) is 7.75. The number of hydrogen-bond donors (Lipinski definition) is 2. The summed E-state index contributed by atoms with van der Waals surface area (Å²) >= 11 is 0. The zero-order valence-corrected chi connectivity index (χ0v) is 12.4. The van der Waals surface area contributed by atoms with Crippen LogP contribution >= 0.6 is 0 Å². The largest absolute Gasteiger partial charge is 0.392 e. The molecule has 1 fully saturated rings. The van der Waals surface area contributed by atoms with Gasteiger partial charge in [0.25, 0.3) is 10.2 Å². The van der Waals surface area contributed by atoms with Gasteiger partial charge in [-0.05, 0) is 26.4 Å². The Hall–Kier alpha value is -0.210. The minimum atomic E-state index is -3.49. The molecule has 1 rings (SSSR count). The Labute approximate surface area is 110 Å². The lowest BCUT2D eigenvalue weighted by Crippen LogP contribution is -2.47. The summed E-state index contributed by atoms with van der Waals surface area (Å²) in [6, 6.07) is -0.153. The van der Waals surface area contributed by atoms with Crippen LogP contribution in [0.3, 0.4) is 0 Å². The van der Waals surface area contributed by atoms with Gasteiger partial charge in [0.05, 0.1) is 6.10 Å². The van der Waals surface area contributed by atoms with E-state index in [9.17, 15) is 13.5 Å². The van der Waals surface area contributed by atoms with Crippen LogP contribution in [0, 0.1) is 5.92 Å². The van der Waals surface area contributed by atoms with Gasteiger partial charge in [-0.2, -0.15) is 12.7 Å². The number of likely N-dealkylation sites (N-methyl/N-ethyl adjacent to an activating group) is 1. The molecule has 0 saturated carbocycles. The molecule has 1 aliphatic rings. The molecule has 6 nitrogen and oxygen atoms in total. The number of nitrogens with zero attached hydrogens (tertiary/aromatic N) is 2. The predicted molar refractivity (Wildman–Crippen MR) is 71.4 cm³/mol. The minimum absolute atomic E-state index is 0.153. The summed E-state index contributed by atoms with van der Waals surface area (Å²) in [5, 5.41) is 9.67. The van der Waals surface area contributed by atoms with Gasteiger partial charge < -0.3 is 10.0 Å². The molecule has 2 unspecified atom stereocenters. The molecule has 0 amide bonds. The lowest BCUT2D eigenvalue weighted by atomic mass is 10.2. The summed E-state index contributed by atoms with van der Waals surface area (Å²) in [6.07, 6.45) is -0.0635. The highest BCUT2D eigenvalue weighted by atomic mass is 32.2. The Morgan fingerprint density at radius 3 is 2.56 bits per heavy atom. The molecule has 1 saturated heterocycles. The molecule has 0 aromatic rings. The second-order valence-electron chi connectivity index (χ2n) is 5.62. The van der Waals surface area contributed by atoms with Crippen molar-refractivity contribution >= 4 is 10.2 Å². The van der Waals surface area contributed by atoms with Crippen molar-refractivity contribution in [2.75, 3.05) is 33.7 Å². The highest BCUT2D eigenvalue weighted by Crippen LogP contribution is 2.21. The molecule has 18 heavy (non-hydrogen) atoms. The van der Waals surface area contributed by atoms with Crippen LogP contribution in [-0.4, -0.2) is 68.6 Å². The van der Waals surface area contributed by atoms with Crippen LogP contribution in [0.15, 0.2) is 0 Å². The van der Waals surface area contributed by atoms with E-state index in [2.05, 4.69) is 4.72 Å². The van der Waals surface area contributed by atoms with Gasteiger partial charge in [-0.3, -0.25) is 0 Å². The zero-order valence-electron chi connectivity index (χ0n) is 11.6. The molecule has 0 aliphatic carbocycles.